The summed E-state index contributed by atoms with van der Waals surface area (Å²) in [5, 5.41) is 11.1. The van der Waals surface area contributed by atoms with Crippen LogP contribution >= 0.6 is 22.9 Å². The lowest BCUT2D eigenvalue weighted by Crippen LogP contribution is -2.25. The van der Waals surface area contributed by atoms with Crippen LogP contribution in [-0.2, 0) is 6.54 Å². The van der Waals surface area contributed by atoms with Crippen molar-refractivity contribution in [3.63, 3.8) is 0 Å². The molecule has 0 unspecified atom stereocenters. The van der Waals surface area contributed by atoms with Crippen LogP contribution in [0.25, 0.3) is 0 Å². The van der Waals surface area contributed by atoms with Gasteiger partial charge in [0.2, 0.25) is 0 Å². The summed E-state index contributed by atoms with van der Waals surface area (Å²) in [4.78, 5) is 14.7. The lowest BCUT2D eigenvalue weighted by Gasteiger charge is -2.17. The Bertz CT molecular complexity index is 700. The molecule has 108 valence electrons. The van der Waals surface area contributed by atoms with E-state index in [1.54, 1.807) is 23.4 Å². The van der Waals surface area contributed by atoms with E-state index in [4.69, 9.17) is 16.7 Å². The number of aliphatic hydroxyl groups excluding tert-OH is 1. The van der Waals surface area contributed by atoms with Crippen molar-refractivity contribution >= 4 is 28.8 Å². The number of nitrogens with zero attached hydrogens (tertiary/aromatic N) is 1. The standard InChI is InChI=1S/C16H14ClNO2S/c1-18(10-12-5-2-3-7-15(12)17)16(20)13-9-14(21-11-13)6-4-8-19/h2-3,5,7,9,11,19H,8,10H2,1H3. The maximum atomic E-state index is 12.3. The predicted molar refractivity (Wildman–Crippen MR) is 85.5 cm³/mol. The molecule has 21 heavy (non-hydrogen) atoms. The first-order valence-electron chi connectivity index (χ1n) is 6.29. The Kier molecular flexibility index (Phi) is 5.40. The second-order valence-electron chi connectivity index (χ2n) is 4.41. The number of halogens is 1. The van der Waals surface area contributed by atoms with Crippen LogP contribution in [0.1, 0.15) is 20.8 Å². The Labute approximate surface area is 132 Å². The number of hydrogen-bond donors (Lipinski definition) is 1. The monoisotopic (exact) mass is 319 g/mol. The van der Waals surface area contributed by atoms with Crippen LogP contribution in [0.2, 0.25) is 5.02 Å². The number of rotatable bonds is 3. The normalized spacial score (nSPS) is 9.86. The van der Waals surface area contributed by atoms with Crippen LogP contribution in [0.4, 0.5) is 0 Å². The Hall–Kier alpha value is -1.80. The van der Waals surface area contributed by atoms with Gasteiger partial charge in [-0.1, -0.05) is 41.6 Å². The van der Waals surface area contributed by atoms with Gasteiger partial charge in [0.15, 0.2) is 0 Å². The Morgan fingerprint density at radius 1 is 1.43 bits per heavy atom. The van der Waals surface area contributed by atoms with Gasteiger partial charge in [-0.3, -0.25) is 4.79 Å². The van der Waals surface area contributed by atoms with Gasteiger partial charge in [-0.15, -0.1) is 11.3 Å². The molecule has 1 aromatic heterocycles. The zero-order valence-corrected chi connectivity index (χ0v) is 13.0. The molecule has 2 aromatic rings. The van der Waals surface area contributed by atoms with Gasteiger partial charge in [-0.05, 0) is 17.7 Å². The van der Waals surface area contributed by atoms with E-state index in [2.05, 4.69) is 11.8 Å². The van der Waals surface area contributed by atoms with E-state index in [-0.39, 0.29) is 12.5 Å². The van der Waals surface area contributed by atoms with Crippen molar-refractivity contribution in [3.8, 4) is 11.8 Å². The fourth-order valence-electron chi connectivity index (χ4n) is 1.81. The fraction of sp³-hybridized carbons (Fsp3) is 0.188. The van der Waals surface area contributed by atoms with Crippen LogP contribution in [0.15, 0.2) is 35.7 Å². The molecule has 1 N–H and O–H groups in total. The minimum atomic E-state index is -0.187. The number of thiophene rings is 1. The molecule has 2 rings (SSSR count). The molecule has 5 heteroatoms. The zero-order valence-electron chi connectivity index (χ0n) is 11.5. The number of carbonyl (C=O) groups excluding carboxylic acids is 1. The Balaban J connectivity index is 2.09. The van der Waals surface area contributed by atoms with E-state index in [1.165, 1.54) is 11.3 Å². The van der Waals surface area contributed by atoms with Crippen LogP contribution in [-0.4, -0.2) is 29.6 Å². The van der Waals surface area contributed by atoms with Gasteiger partial charge in [0, 0.05) is 24.0 Å². The minimum absolute atomic E-state index is 0.0804. The summed E-state index contributed by atoms with van der Waals surface area (Å²) in [6, 6.07) is 9.20. The first kappa shape index (κ1) is 15.6. The van der Waals surface area contributed by atoms with Crippen molar-refractivity contribution in [3.05, 3.63) is 56.7 Å². The van der Waals surface area contributed by atoms with Crippen molar-refractivity contribution in [2.75, 3.05) is 13.7 Å². The quantitative estimate of drug-likeness (QED) is 0.883. The molecular formula is C16H14ClNO2S. The third-order valence-corrected chi connectivity index (χ3v) is 4.06. The molecule has 1 aromatic carbocycles. The molecule has 0 bridgehead atoms. The average Bonchev–Trinajstić information content (AvgIpc) is 2.95. The molecule has 3 nitrogen and oxygen atoms in total. The highest BCUT2D eigenvalue weighted by Gasteiger charge is 2.14. The second kappa shape index (κ2) is 7.28. The first-order valence-corrected chi connectivity index (χ1v) is 7.54. The molecule has 0 aliphatic heterocycles. The van der Waals surface area contributed by atoms with Crippen molar-refractivity contribution < 1.29 is 9.90 Å². The highest BCUT2D eigenvalue weighted by molar-refractivity contribution is 7.10. The molecule has 0 spiro atoms. The smallest absolute Gasteiger partial charge is 0.254 e. The molecule has 0 fully saturated rings. The number of benzene rings is 1. The summed E-state index contributed by atoms with van der Waals surface area (Å²) in [5.41, 5.74) is 1.50. The largest absolute Gasteiger partial charge is 0.384 e. The van der Waals surface area contributed by atoms with E-state index in [0.29, 0.717) is 17.1 Å². The van der Waals surface area contributed by atoms with Crippen molar-refractivity contribution in [2.45, 2.75) is 6.54 Å². The third kappa shape index (κ3) is 4.08. The number of amides is 1. The topological polar surface area (TPSA) is 40.5 Å². The summed E-state index contributed by atoms with van der Waals surface area (Å²) >= 11 is 7.49. The number of aliphatic hydroxyl groups is 1. The van der Waals surface area contributed by atoms with E-state index in [1.807, 2.05) is 24.3 Å². The molecule has 0 aliphatic rings. The predicted octanol–water partition coefficient (Wildman–Crippen LogP) is 3.02. The molecule has 0 aliphatic carbocycles. The van der Waals surface area contributed by atoms with E-state index < -0.39 is 0 Å². The van der Waals surface area contributed by atoms with E-state index in [0.717, 1.165) is 10.4 Å². The van der Waals surface area contributed by atoms with Gasteiger partial charge in [0.05, 0.1) is 10.4 Å². The van der Waals surface area contributed by atoms with Crippen molar-refractivity contribution in [1.82, 2.24) is 4.90 Å². The Morgan fingerprint density at radius 2 is 2.19 bits per heavy atom. The molecule has 0 atom stereocenters. The van der Waals surface area contributed by atoms with Crippen LogP contribution in [0.5, 0.6) is 0 Å². The van der Waals surface area contributed by atoms with E-state index >= 15 is 0 Å². The summed E-state index contributed by atoms with van der Waals surface area (Å²) in [6.07, 6.45) is 0. The van der Waals surface area contributed by atoms with Crippen LogP contribution in [0.3, 0.4) is 0 Å². The van der Waals surface area contributed by atoms with Crippen LogP contribution in [0, 0.1) is 11.8 Å². The van der Waals surface area contributed by atoms with Crippen molar-refractivity contribution in [1.29, 1.82) is 0 Å². The van der Waals surface area contributed by atoms with Gasteiger partial charge in [0.1, 0.15) is 6.61 Å². The molecule has 1 amide bonds. The lowest BCUT2D eigenvalue weighted by atomic mass is 10.2. The van der Waals surface area contributed by atoms with E-state index in [9.17, 15) is 4.79 Å². The zero-order chi connectivity index (χ0) is 15.2. The molecule has 0 saturated heterocycles. The maximum Gasteiger partial charge on any atom is 0.254 e. The fourth-order valence-corrected chi connectivity index (χ4v) is 2.76. The third-order valence-electron chi connectivity index (χ3n) is 2.85. The molecule has 1 heterocycles. The van der Waals surface area contributed by atoms with Gasteiger partial charge in [-0.2, -0.15) is 0 Å². The average molecular weight is 320 g/mol. The lowest BCUT2D eigenvalue weighted by molar-refractivity contribution is 0.0785. The minimum Gasteiger partial charge on any atom is -0.384 e. The SMILES string of the molecule is CN(Cc1ccccc1Cl)C(=O)c1csc(C#CCO)c1. The van der Waals surface area contributed by atoms with Gasteiger partial charge < -0.3 is 10.0 Å². The highest BCUT2D eigenvalue weighted by atomic mass is 35.5. The highest BCUT2D eigenvalue weighted by Crippen LogP contribution is 2.19. The second-order valence-corrected chi connectivity index (χ2v) is 5.73. The van der Waals surface area contributed by atoms with Crippen LogP contribution < -0.4 is 0 Å². The number of carbonyl (C=O) groups is 1. The number of hydrogen-bond acceptors (Lipinski definition) is 3. The maximum absolute atomic E-state index is 12.3. The Morgan fingerprint density at radius 3 is 2.90 bits per heavy atom. The summed E-state index contributed by atoms with van der Waals surface area (Å²) < 4.78 is 0. The molecule has 0 radical (unpaired) electrons. The van der Waals surface area contributed by atoms with Gasteiger partial charge in [0.25, 0.3) is 5.91 Å². The summed E-state index contributed by atoms with van der Waals surface area (Å²) in [6.45, 7) is 0.263. The van der Waals surface area contributed by atoms with Gasteiger partial charge in [-0.25, -0.2) is 0 Å². The van der Waals surface area contributed by atoms with Crippen molar-refractivity contribution in [2.24, 2.45) is 0 Å². The first-order chi connectivity index (χ1) is 10.1. The summed E-state index contributed by atoms with van der Waals surface area (Å²) in [5.74, 6) is 5.28. The van der Waals surface area contributed by atoms with Gasteiger partial charge >= 0.3 is 0 Å². The molecular weight excluding hydrogens is 306 g/mol. The summed E-state index contributed by atoms with van der Waals surface area (Å²) in [7, 11) is 1.74. The molecule has 0 saturated carbocycles.